The summed E-state index contributed by atoms with van der Waals surface area (Å²) < 4.78 is 0. The third-order valence-electron chi connectivity index (χ3n) is 3.45. The molecule has 5 heteroatoms. The lowest BCUT2D eigenvalue weighted by atomic mass is 10.2. The first-order valence-electron chi connectivity index (χ1n) is 7.60. The van der Waals surface area contributed by atoms with E-state index in [1.165, 1.54) is 0 Å². The molecule has 0 unspecified atom stereocenters. The van der Waals surface area contributed by atoms with Crippen molar-refractivity contribution in [3.63, 3.8) is 0 Å². The van der Waals surface area contributed by atoms with Gasteiger partial charge in [-0.15, -0.1) is 0 Å². The molecule has 0 aliphatic rings. The maximum absolute atomic E-state index is 12.2. The molecule has 5 nitrogen and oxygen atoms in total. The highest BCUT2D eigenvalue weighted by molar-refractivity contribution is 5.89. The summed E-state index contributed by atoms with van der Waals surface area (Å²) in [4.78, 5) is 16.0. The number of carbonyl (C=O) groups excluding carboxylic acids is 1. The molecule has 0 aliphatic heterocycles. The van der Waals surface area contributed by atoms with Crippen LogP contribution in [0.5, 0.6) is 0 Å². The van der Waals surface area contributed by atoms with Crippen molar-refractivity contribution >= 4 is 17.4 Å². The first kappa shape index (κ1) is 17.3. The highest BCUT2D eigenvalue weighted by atomic mass is 16.3. The van der Waals surface area contributed by atoms with Crippen LogP contribution >= 0.6 is 0 Å². The molecule has 0 atom stereocenters. The second-order valence-corrected chi connectivity index (χ2v) is 5.06. The third kappa shape index (κ3) is 5.63. The van der Waals surface area contributed by atoms with Crippen molar-refractivity contribution in [1.82, 2.24) is 4.90 Å². The summed E-state index contributed by atoms with van der Waals surface area (Å²) in [6, 6.07) is 7.62. The number of aliphatic hydroxyl groups excluding tert-OH is 1. The third-order valence-corrected chi connectivity index (χ3v) is 3.45. The maximum atomic E-state index is 12.2. The van der Waals surface area contributed by atoms with Gasteiger partial charge in [-0.3, -0.25) is 0 Å². The molecule has 0 aromatic heterocycles. The lowest BCUT2D eigenvalue weighted by molar-refractivity contribution is 0.187. The molecule has 0 saturated carbocycles. The highest BCUT2D eigenvalue weighted by Crippen LogP contribution is 2.18. The van der Waals surface area contributed by atoms with E-state index in [1.807, 2.05) is 31.3 Å². The van der Waals surface area contributed by atoms with Gasteiger partial charge in [-0.2, -0.15) is 0 Å². The maximum Gasteiger partial charge on any atom is 0.321 e. The minimum Gasteiger partial charge on any atom is -0.395 e. The number of anilines is 2. The number of aliphatic hydroxyl groups is 1. The fraction of sp³-hybridized carbons (Fsp3) is 0.562. The largest absolute Gasteiger partial charge is 0.395 e. The van der Waals surface area contributed by atoms with Crippen molar-refractivity contribution in [2.45, 2.75) is 26.7 Å². The highest BCUT2D eigenvalue weighted by Gasteiger charge is 2.12. The average molecular weight is 293 g/mol. The van der Waals surface area contributed by atoms with Crippen LogP contribution < -0.4 is 10.2 Å². The van der Waals surface area contributed by atoms with Gasteiger partial charge in [-0.05, 0) is 31.5 Å². The van der Waals surface area contributed by atoms with Crippen molar-refractivity contribution < 1.29 is 9.90 Å². The van der Waals surface area contributed by atoms with E-state index in [-0.39, 0.29) is 12.6 Å². The summed E-state index contributed by atoms with van der Waals surface area (Å²) in [5.74, 6) is 0. The van der Waals surface area contributed by atoms with Crippen LogP contribution in [-0.4, -0.2) is 49.3 Å². The Morgan fingerprint density at radius 1 is 1.29 bits per heavy atom. The van der Waals surface area contributed by atoms with E-state index in [4.69, 9.17) is 5.11 Å². The van der Waals surface area contributed by atoms with Gasteiger partial charge in [0.05, 0.1) is 6.61 Å². The Morgan fingerprint density at radius 3 is 2.67 bits per heavy atom. The van der Waals surface area contributed by atoms with Gasteiger partial charge < -0.3 is 20.2 Å². The molecule has 1 aromatic carbocycles. The first-order valence-corrected chi connectivity index (χ1v) is 7.60. The molecular formula is C16H27N3O2. The van der Waals surface area contributed by atoms with Crippen LogP contribution in [0, 0.1) is 0 Å². The van der Waals surface area contributed by atoms with Gasteiger partial charge in [-0.25, -0.2) is 4.79 Å². The van der Waals surface area contributed by atoms with Gasteiger partial charge in [0.15, 0.2) is 0 Å². The molecule has 0 heterocycles. The summed E-state index contributed by atoms with van der Waals surface area (Å²) in [5, 5.41) is 12.0. The summed E-state index contributed by atoms with van der Waals surface area (Å²) in [6.07, 6.45) is 1.96. The van der Waals surface area contributed by atoms with Crippen molar-refractivity contribution in [1.29, 1.82) is 0 Å². The Morgan fingerprint density at radius 2 is 2.05 bits per heavy atom. The van der Waals surface area contributed by atoms with Crippen LogP contribution in [0.4, 0.5) is 16.2 Å². The van der Waals surface area contributed by atoms with E-state index in [0.29, 0.717) is 13.1 Å². The number of nitrogens with zero attached hydrogens (tertiary/aromatic N) is 2. The van der Waals surface area contributed by atoms with Crippen LogP contribution in [0.1, 0.15) is 26.7 Å². The van der Waals surface area contributed by atoms with Crippen molar-refractivity contribution in [3.05, 3.63) is 24.3 Å². The molecule has 0 aliphatic carbocycles. The van der Waals surface area contributed by atoms with E-state index >= 15 is 0 Å². The second kappa shape index (κ2) is 9.23. The molecule has 0 saturated heterocycles. The zero-order chi connectivity index (χ0) is 15.7. The van der Waals surface area contributed by atoms with E-state index < -0.39 is 0 Å². The minimum absolute atomic E-state index is 0.0181. The zero-order valence-corrected chi connectivity index (χ0v) is 13.3. The molecular weight excluding hydrogens is 266 g/mol. The van der Waals surface area contributed by atoms with Gasteiger partial charge in [-0.1, -0.05) is 19.4 Å². The van der Waals surface area contributed by atoms with E-state index in [1.54, 1.807) is 4.90 Å². The normalized spacial score (nSPS) is 10.3. The molecule has 2 N–H and O–H groups in total. The first-order chi connectivity index (χ1) is 10.1. The van der Waals surface area contributed by atoms with Crippen LogP contribution in [0.2, 0.25) is 0 Å². The molecule has 1 aromatic rings. The second-order valence-electron chi connectivity index (χ2n) is 5.06. The lowest BCUT2D eigenvalue weighted by Gasteiger charge is -2.23. The van der Waals surface area contributed by atoms with Crippen molar-refractivity contribution in [2.24, 2.45) is 0 Å². The summed E-state index contributed by atoms with van der Waals surface area (Å²) in [5.41, 5.74) is 1.84. The van der Waals surface area contributed by atoms with Crippen LogP contribution in [0.15, 0.2) is 24.3 Å². The smallest absolute Gasteiger partial charge is 0.321 e. The number of hydrogen-bond acceptors (Lipinski definition) is 3. The SMILES string of the molecule is CCCCN(CCO)C(=O)Nc1cccc(N(C)CC)c1. The minimum atomic E-state index is -0.159. The standard InChI is InChI=1S/C16H27N3O2/c1-4-6-10-19(11-12-20)16(21)17-14-8-7-9-15(13-14)18(3)5-2/h7-9,13,20H,4-6,10-12H2,1-3H3,(H,17,21). The molecule has 118 valence electrons. The summed E-state index contributed by atoms with van der Waals surface area (Å²) >= 11 is 0. The molecule has 0 bridgehead atoms. The van der Waals surface area contributed by atoms with Crippen LogP contribution in [-0.2, 0) is 0 Å². The Bertz CT molecular complexity index is 437. The molecule has 1 rings (SSSR count). The topological polar surface area (TPSA) is 55.8 Å². The van der Waals surface area contributed by atoms with Gasteiger partial charge in [0, 0.05) is 38.1 Å². The Hall–Kier alpha value is -1.75. The molecule has 21 heavy (non-hydrogen) atoms. The number of amides is 2. The monoisotopic (exact) mass is 293 g/mol. The van der Waals surface area contributed by atoms with Gasteiger partial charge in [0.1, 0.15) is 0 Å². The Kier molecular flexibility index (Phi) is 7.61. The lowest BCUT2D eigenvalue weighted by Crippen LogP contribution is -2.37. The zero-order valence-electron chi connectivity index (χ0n) is 13.3. The molecule has 2 amide bonds. The Balaban J connectivity index is 2.71. The predicted octanol–water partition coefficient (Wildman–Crippen LogP) is 2.77. The molecule has 0 spiro atoms. The van der Waals surface area contributed by atoms with Crippen LogP contribution in [0.25, 0.3) is 0 Å². The average Bonchev–Trinajstić information content (AvgIpc) is 2.50. The van der Waals surface area contributed by atoms with E-state index in [9.17, 15) is 4.79 Å². The number of nitrogens with one attached hydrogen (secondary N) is 1. The Labute approximate surface area is 127 Å². The molecule has 0 radical (unpaired) electrons. The quantitative estimate of drug-likeness (QED) is 0.775. The van der Waals surface area contributed by atoms with Crippen molar-refractivity contribution in [3.8, 4) is 0 Å². The van der Waals surface area contributed by atoms with Crippen molar-refractivity contribution in [2.75, 3.05) is 43.5 Å². The fourth-order valence-electron chi connectivity index (χ4n) is 1.99. The van der Waals surface area contributed by atoms with Crippen LogP contribution in [0.3, 0.4) is 0 Å². The molecule has 0 fully saturated rings. The fourth-order valence-corrected chi connectivity index (χ4v) is 1.99. The van der Waals surface area contributed by atoms with Gasteiger partial charge in [0.25, 0.3) is 0 Å². The number of carbonyl (C=O) groups is 1. The summed E-state index contributed by atoms with van der Waals surface area (Å²) in [6.45, 7) is 6.08. The van der Waals surface area contributed by atoms with Gasteiger partial charge in [0.2, 0.25) is 0 Å². The summed E-state index contributed by atoms with van der Waals surface area (Å²) in [7, 11) is 2.01. The number of urea groups is 1. The number of benzene rings is 1. The van der Waals surface area contributed by atoms with E-state index in [0.717, 1.165) is 30.8 Å². The van der Waals surface area contributed by atoms with E-state index in [2.05, 4.69) is 24.1 Å². The number of hydrogen-bond donors (Lipinski definition) is 2. The predicted molar refractivity (Wildman–Crippen MR) is 88.0 cm³/mol. The number of unbranched alkanes of at least 4 members (excludes halogenated alkanes) is 1. The van der Waals surface area contributed by atoms with Gasteiger partial charge >= 0.3 is 6.03 Å². The number of rotatable bonds is 8.